The molecule has 5 nitrogen and oxygen atoms in total. The smallest absolute Gasteiger partial charge is 0.407 e. The van der Waals surface area contributed by atoms with Gasteiger partial charge in [-0.15, -0.1) is 0 Å². The van der Waals surface area contributed by atoms with E-state index in [0.717, 1.165) is 56.3 Å². The van der Waals surface area contributed by atoms with Crippen LogP contribution in [0.25, 0.3) is 0 Å². The van der Waals surface area contributed by atoms with Gasteiger partial charge in [0.15, 0.2) is 0 Å². The van der Waals surface area contributed by atoms with Gasteiger partial charge in [0.25, 0.3) is 0 Å². The molecule has 5 heteroatoms. The molecule has 1 aliphatic carbocycles. The highest BCUT2D eigenvalue weighted by atomic mass is 16.6. The summed E-state index contributed by atoms with van der Waals surface area (Å²) in [6.07, 6.45) is 4.44. The summed E-state index contributed by atoms with van der Waals surface area (Å²) in [5, 5.41) is 2.82. The Bertz CT molecular complexity index is 871. The van der Waals surface area contributed by atoms with Crippen molar-refractivity contribution in [2.45, 2.75) is 58.1 Å². The second-order valence-electron chi connectivity index (χ2n) is 8.45. The van der Waals surface area contributed by atoms with Crippen molar-refractivity contribution in [2.24, 2.45) is 5.41 Å². The van der Waals surface area contributed by atoms with E-state index in [4.69, 9.17) is 4.74 Å². The molecule has 1 heterocycles. The van der Waals surface area contributed by atoms with Crippen molar-refractivity contribution in [1.29, 1.82) is 0 Å². The van der Waals surface area contributed by atoms with E-state index < -0.39 is 0 Å². The van der Waals surface area contributed by atoms with Crippen LogP contribution < -0.4 is 10.2 Å². The lowest BCUT2D eigenvalue weighted by atomic mass is 9.72. The lowest BCUT2D eigenvalue weighted by molar-refractivity contribution is -0.128. The van der Waals surface area contributed by atoms with Gasteiger partial charge < -0.3 is 15.0 Å². The molecule has 1 spiro atoms. The predicted molar refractivity (Wildman–Crippen MR) is 117 cm³/mol. The SMILES string of the molecule is CCc1ccc(N2CCC3(CCC(OC(=O)NCc4ccccc4)CC3)C2=O)cc1. The Morgan fingerprint density at radius 1 is 1.03 bits per heavy atom. The molecule has 0 radical (unpaired) electrons. The number of rotatable bonds is 5. The molecule has 2 aromatic carbocycles. The maximum atomic E-state index is 13.2. The molecule has 1 saturated heterocycles. The molecule has 1 saturated carbocycles. The van der Waals surface area contributed by atoms with Gasteiger partial charge in [0.2, 0.25) is 5.91 Å². The lowest BCUT2D eigenvalue weighted by Crippen LogP contribution is -2.40. The first-order chi connectivity index (χ1) is 14.6. The van der Waals surface area contributed by atoms with Gasteiger partial charge >= 0.3 is 6.09 Å². The number of amides is 2. The number of nitrogens with one attached hydrogen (secondary N) is 1. The fraction of sp³-hybridized carbons (Fsp3) is 0.440. The minimum atomic E-state index is -0.379. The average molecular weight is 407 g/mol. The highest BCUT2D eigenvalue weighted by Gasteiger charge is 2.49. The van der Waals surface area contributed by atoms with Gasteiger partial charge in [0.1, 0.15) is 6.10 Å². The van der Waals surface area contributed by atoms with Gasteiger partial charge in [-0.25, -0.2) is 4.79 Å². The molecule has 158 valence electrons. The summed E-state index contributed by atoms with van der Waals surface area (Å²) in [6, 6.07) is 18.1. The molecule has 1 N–H and O–H groups in total. The number of aryl methyl sites for hydroxylation is 1. The van der Waals surface area contributed by atoms with E-state index in [9.17, 15) is 9.59 Å². The van der Waals surface area contributed by atoms with Crippen molar-refractivity contribution in [3.63, 3.8) is 0 Å². The van der Waals surface area contributed by atoms with E-state index in [1.807, 2.05) is 35.2 Å². The molecule has 2 amide bonds. The highest BCUT2D eigenvalue weighted by Crippen LogP contribution is 2.46. The van der Waals surface area contributed by atoms with Crippen molar-refractivity contribution in [3.05, 3.63) is 65.7 Å². The van der Waals surface area contributed by atoms with Crippen LogP contribution in [0.1, 0.15) is 50.2 Å². The standard InChI is InChI=1S/C25H30N2O3/c1-2-19-8-10-21(11-9-19)27-17-16-25(23(27)28)14-12-22(13-15-25)30-24(29)26-18-20-6-4-3-5-7-20/h3-11,22H,2,12-18H2,1H3,(H,26,29). The summed E-state index contributed by atoms with van der Waals surface area (Å²) in [5.41, 5.74) is 3.03. The van der Waals surface area contributed by atoms with Gasteiger partial charge in [-0.1, -0.05) is 49.4 Å². The van der Waals surface area contributed by atoms with E-state index in [1.165, 1.54) is 5.56 Å². The minimum Gasteiger partial charge on any atom is -0.446 e. The fourth-order valence-corrected chi connectivity index (χ4v) is 4.67. The van der Waals surface area contributed by atoms with E-state index in [1.54, 1.807) is 0 Å². The van der Waals surface area contributed by atoms with E-state index in [0.29, 0.717) is 6.54 Å². The average Bonchev–Trinajstić information content (AvgIpc) is 3.10. The van der Waals surface area contributed by atoms with Crippen molar-refractivity contribution in [2.75, 3.05) is 11.4 Å². The van der Waals surface area contributed by atoms with Crippen LogP contribution in [0.4, 0.5) is 10.5 Å². The maximum Gasteiger partial charge on any atom is 0.407 e. The van der Waals surface area contributed by atoms with Gasteiger partial charge in [0, 0.05) is 18.8 Å². The number of ether oxygens (including phenoxy) is 1. The highest BCUT2D eigenvalue weighted by molar-refractivity contribution is 6.00. The van der Waals surface area contributed by atoms with Crippen LogP contribution in [-0.4, -0.2) is 24.6 Å². The maximum absolute atomic E-state index is 13.2. The third kappa shape index (κ3) is 4.35. The van der Waals surface area contributed by atoms with Gasteiger partial charge in [-0.3, -0.25) is 4.79 Å². The quantitative estimate of drug-likeness (QED) is 0.773. The molecule has 2 aromatic rings. The first kappa shape index (κ1) is 20.5. The van der Waals surface area contributed by atoms with E-state index >= 15 is 0 Å². The number of hydrogen-bond acceptors (Lipinski definition) is 3. The van der Waals surface area contributed by atoms with Crippen LogP contribution in [0.2, 0.25) is 0 Å². The molecule has 0 bridgehead atoms. The predicted octanol–water partition coefficient (Wildman–Crippen LogP) is 4.84. The molecular weight excluding hydrogens is 376 g/mol. The zero-order valence-corrected chi connectivity index (χ0v) is 17.6. The summed E-state index contributed by atoms with van der Waals surface area (Å²) in [4.78, 5) is 27.3. The number of carbonyl (C=O) groups excluding carboxylic acids is 2. The van der Waals surface area contributed by atoms with Crippen LogP contribution in [0.3, 0.4) is 0 Å². The van der Waals surface area contributed by atoms with Crippen LogP contribution in [-0.2, 0) is 22.5 Å². The molecule has 0 unspecified atom stereocenters. The Morgan fingerprint density at radius 3 is 2.40 bits per heavy atom. The van der Waals surface area contributed by atoms with Gasteiger partial charge in [0.05, 0.1) is 5.41 Å². The largest absolute Gasteiger partial charge is 0.446 e. The molecular formula is C25H30N2O3. The molecule has 2 fully saturated rings. The Morgan fingerprint density at radius 2 is 1.73 bits per heavy atom. The third-order valence-corrected chi connectivity index (χ3v) is 6.61. The molecule has 0 aromatic heterocycles. The molecule has 30 heavy (non-hydrogen) atoms. The Labute approximate surface area is 178 Å². The Kier molecular flexibility index (Phi) is 6.07. The van der Waals surface area contributed by atoms with Crippen LogP contribution in [0, 0.1) is 5.41 Å². The summed E-state index contributed by atoms with van der Waals surface area (Å²) < 4.78 is 5.61. The number of benzene rings is 2. The van der Waals surface area contributed by atoms with Crippen molar-refractivity contribution >= 4 is 17.7 Å². The fourth-order valence-electron chi connectivity index (χ4n) is 4.67. The summed E-state index contributed by atoms with van der Waals surface area (Å²) >= 11 is 0. The van der Waals surface area contributed by atoms with Crippen LogP contribution in [0.5, 0.6) is 0 Å². The number of nitrogens with zero attached hydrogens (tertiary/aromatic N) is 1. The second kappa shape index (κ2) is 8.90. The number of alkyl carbamates (subject to hydrolysis) is 1. The number of carbonyl (C=O) groups is 2. The van der Waals surface area contributed by atoms with Crippen molar-refractivity contribution < 1.29 is 14.3 Å². The molecule has 0 atom stereocenters. The zero-order valence-electron chi connectivity index (χ0n) is 17.6. The Balaban J connectivity index is 1.28. The van der Waals surface area contributed by atoms with Gasteiger partial charge in [-0.2, -0.15) is 0 Å². The monoisotopic (exact) mass is 406 g/mol. The summed E-state index contributed by atoms with van der Waals surface area (Å²) in [5.74, 6) is 0.235. The normalized spacial score (nSPS) is 23.6. The summed E-state index contributed by atoms with van der Waals surface area (Å²) in [7, 11) is 0. The van der Waals surface area contributed by atoms with Crippen molar-refractivity contribution in [1.82, 2.24) is 5.32 Å². The Hall–Kier alpha value is -2.82. The lowest BCUT2D eigenvalue weighted by Gasteiger charge is -2.35. The van der Waals surface area contributed by atoms with Crippen LogP contribution in [0.15, 0.2) is 54.6 Å². The topological polar surface area (TPSA) is 58.6 Å². The zero-order chi connectivity index (χ0) is 21.0. The molecule has 2 aliphatic rings. The summed E-state index contributed by atoms with van der Waals surface area (Å²) in [6.45, 7) is 3.36. The van der Waals surface area contributed by atoms with Crippen LogP contribution >= 0.6 is 0 Å². The number of anilines is 1. The second-order valence-corrected chi connectivity index (χ2v) is 8.45. The molecule has 4 rings (SSSR count). The molecule has 1 aliphatic heterocycles. The minimum absolute atomic E-state index is 0.114. The number of hydrogen-bond donors (Lipinski definition) is 1. The van der Waals surface area contributed by atoms with E-state index in [2.05, 4.69) is 36.5 Å². The first-order valence-electron chi connectivity index (χ1n) is 11.0. The third-order valence-electron chi connectivity index (χ3n) is 6.61. The van der Waals surface area contributed by atoms with Gasteiger partial charge in [-0.05, 0) is 61.8 Å². The van der Waals surface area contributed by atoms with Crippen molar-refractivity contribution in [3.8, 4) is 0 Å². The van der Waals surface area contributed by atoms with E-state index in [-0.39, 0.29) is 23.5 Å². The first-order valence-corrected chi connectivity index (χ1v) is 11.0.